The molecule has 1 atom stereocenters. The molecule has 8 heteroatoms. The van der Waals surface area contributed by atoms with Gasteiger partial charge in [-0.25, -0.2) is 12.4 Å². The fraction of sp³-hybridized carbons (Fsp3) is 0.389. The van der Waals surface area contributed by atoms with Crippen LogP contribution in [0.25, 0.3) is 0 Å². The van der Waals surface area contributed by atoms with Crippen molar-refractivity contribution in [3.63, 3.8) is 0 Å². The van der Waals surface area contributed by atoms with Crippen LogP contribution in [-0.2, 0) is 10.0 Å². The van der Waals surface area contributed by atoms with Crippen molar-refractivity contribution in [3.05, 3.63) is 53.9 Å². The number of nitrogens with zero attached hydrogens (tertiary/aromatic N) is 2. The van der Waals surface area contributed by atoms with Gasteiger partial charge in [0.2, 0.25) is 0 Å². The molecule has 0 aliphatic carbocycles. The average Bonchev–Trinajstić information content (AvgIpc) is 3.25. The summed E-state index contributed by atoms with van der Waals surface area (Å²) >= 11 is 0. The standard InChI is InChI=1S/C18H23N3O3S.ClH/c1-14-5-7-17(8-6-14)25(23,24)20-11-9-15(13-20)18(22)21-10-3-4-16(21)12-19-2;/h5-9,11,13,16,19H,3-4,10,12H2,1-2H3;1H. The summed E-state index contributed by atoms with van der Waals surface area (Å²) < 4.78 is 26.5. The molecule has 0 spiro atoms. The zero-order valence-corrected chi connectivity index (χ0v) is 16.5. The maximum Gasteiger partial charge on any atom is 0.267 e. The minimum Gasteiger partial charge on any atom is -0.334 e. The summed E-state index contributed by atoms with van der Waals surface area (Å²) in [5.41, 5.74) is 1.39. The fourth-order valence-electron chi connectivity index (χ4n) is 3.20. The number of halogens is 1. The Balaban J connectivity index is 0.00000243. The van der Waals surface area contributed by atoms with Gasteiger partial charge in [0.25, 0.3) is 15.9 Å². The summed E-state index contributed by atoms with van der Waals surface area (Å²) in [5.74, 6) is -0.115. The second-order valence-corrected chi connectivity index (χ2v) is 8.24. The molecule has 1 saturated heterocycles. The van der Waals surface area contributed by atoms with Crippen LogP contribution >= 0.6 is 12.4 Å². The van der Waals surface area contributed by atoms with E-state index in [-0.39, 0.29) is 29.3 Å². The number of hydrogen-bond donors (Lipinski definition) is 1. The first-order chi connectivity index (χ1) is 11.9. The van der Waals surface area contributed by atoms with Crippen LogP contribution in [0.5, 0.6) is 0 Å². The summed E-state index contributed by atoms with van der Waals surface area (Å²) in [7, 11) is -1.82. The number of amides is 1. The van der Waals surface area contributed by atoms with Gasteiger partial charge in [-0.2, -0.15) is 0 Å². The van der Waals surface area contributed by atoms with E-state index in [4.69, 9.17) is 0 Å². The van der Waals surface area contributed by atoms with E-state index < -0.39 is 10.0 Å². The fourth-order valence-corrected chi connectivity index (χ4v) is 4.40. The van der Waals surface area contributed by atoms with Gasteiger partial charge < -0.3 is 10.2 Å². The SMILES string of the molecule is CNCC1CCCN1C(=O)c1ccn(S(=O)(=O)c2ccc(C)cc2)c1.Cl. The quantitative estimate of drug-likeness (QED) is 0.840. The molecule has 26 heavy (non-hydrogen) atoms. The van der Waals surface area contributed by atoms with Crippen LogP contribution in [-0.4, -0.2) is 49.4 Å². The zero-order valence-electron chi connectivity index (χ0n) is 14.9. The first-order valence-electron chi connectivity index (χ1n) is 8.39. The Labute approximate surface area is 160 Å². The third-order valence-electron chi connectivity index (χ3n) is 4.59. The maximum absolute atomic E-state index is 12.7. The van der Waals surface area contributed by atoms with Gasteiger partial charge in [0, 0.05) is 31.5 Å². The molecule has 3 rings (SSSR count). The molecule has 2 heterocycles. The van der Waals surface area contributed by atoms with Crippen LogP contribution in [0.15, 0.2) is 47.6 Å². The van der Waals surface area contributed by atoms with Gasteiger partial charge >= 0.3 is 0 Å². The number of likely N-dealkylation sites (tertiary alicyclic amines) is 1. The number of aryl methyl sites for hydroxylation is 1. The van der Waals surface area contributed by atoms with Crippen molar-refractivity contribution < 1.29 is 13.2 Å². The Bertz CT molecular complexity index is 862. The molecule has 0 saturated carbocycles. The summed E-state index contributed by atoms with van der Waals surface area (Å²) in [4.78, 5) is 14.8. The number of rotatable bonds is 5. The van der Waals surface area contributed by atoms with Gasteiger partial charge in [-0.15, -0.1) is 12.4 Å². The second kappa shape index (κ2) is 8.24. The smallest absolute Gasteiger partial charge is 0.267 e. The molecule has 1 aliphatic rings. The number of likely N-dealkylation sites (N-methyl/N-ethyl adjacent to an activating group) is 1. The number of nitrogens with one attached hydrogen (secondary N) is 1. The number of carbonyl (C=O) groups is 1. The monoisotopic (exact) mass is 397 g/mol. The van der Waals surface area contributed by atoms with Crippen LogP contribution in [0.1, 0.15) is 28.8 Å². The third-order valence-corrected chi connectivity index (χ3v) is 6.24. The molecular weight excluding hydrogens is 374 g/mol. The lowest BCUT2D eigenvalue weighted by atomic mass is 10.2. The Morgan fingerprint density at radius 3 is 2.58 bits per heavy atom. The molecule has 1 unspecified atom stereocenters. The summed E-state index contributed by atoms with van der Waals surface area (Å²) in [6, 6.07) is 8.41. The minimum atomic E-state index is -3.68. The Morgan fingerprint density at radius 1 is 1.23 bits per heavy atom. The highest BCUT2D eigenvalue weighted by Gasteiger charge is 2.29. The van der Waals surface area contributed by atoms with Crippen LogP contribution in [0.4, 0.5) is 0 Å². The lowest BCUT2D eigenvalue weighted by molar-refractivity contribution is 0.0737. The van der Waals surface area contributed by atoms with E-state index in [1.54, 1.807) is 30.3 Å². The van der Waals surface area contributed by atoms with Crippen molar-refractivity contribution in [1.82, 2.24) is 14.2 Å². The number of hydrogen-bond acceptors (Lipinski definition) is 4. The zero-order chi connectivity index (χ0) is 18.0. The molecule has 142 valence electrons. The average molecular weight is 398 g/mol. The minimum absolute atomic E-state index is 0. The van der Waals surface area contributed by atoms with E-state index in [2.05, 4.69) is 5.32 Å². The number of aromatic nitrogens is 1. The Kier molecular flexibility index (Phi) is 6.49. The van der Waals surface area contributed by atoms with E-state index in [9.17, 15) is 13.2 Å². The van der Waals surface area contributed by atoms with Gasteiger partial charge in [0.05, 0.1) is 10.5 Å². The number of benzene rings is 1. The van der Waals surface area contributed by atoms with Gasteiger partial charge in [-0.05, 0) is 45.0 Å². The molecule has 0 radical (unpaired) electrons. The number of carbonyl (C=O) groups excluding carboxylic acids is 1. The predicted molar refractivity (Wildman–Crippen MR) is 103 cm³/mol. The van der Waals surface area contributed by atoms with E-state index in [1.165, 1.54) is 12.4 Å². The molecule has 1 aromatic carbocycles. The van der Waals surface area contributed by atoms with Crippen molar-refractivity contribution in [2.45, 2.75) is 30.7 Å². The molecule has 1 fully saturated rings. The van der Waals surface area contributed by atoms with E-state index >= 15 is 0 Å². The van der Waals surface area contributed by atoms with Crippen molar-refractivity contribution in [2.75, 3.05) is 20.1 Å². The van der Waals surface area contributed by atoms with Gasteiger partial charge in [0.1, 0.15) is 0 Å². The molecule has 1 amide bonds. The van der Waals surface area contributed by atoms with Crippen molar-refractivity contribution in [1.29, 1.82) is 0 Å². The molecule has 1 aliphatic heterocycles. The normalized spacial score (nSPS) is 17.2. The van der Waals surface area contributed by atoms with Crippen molar-refractivity contribution in [3.8, 4) is 0 Å². The topological polar surface area (TPSA) is 71.4 Å². The molecule has 2 aromatic rings. The highest BCUT2D eigenvalue weighted by Crippen LogP contribution is 2.21. The van der Waals surface area contributed by atoms with Crippen LogP contribution in [0.2, 0.25) is 0 Å². The highest BCUT2D eigenvalue weighted by molar-refractivity contribution is 7.90. The first kappa shape index (κ1) is 20.5. The maximum atomic E-state index is 12.7. The van der Waals surface area contributed by atoms with E-state index in [0.717, 1.165) is 28.9 Å². The van der Waals surface area contributed by atoms with E-state index in [1.807, 2.05) is 18.9 Å². The largest absolute Gasteiger partial charge is 0.334 e. The first-order valence-corrected chi connectivity index (χ1v) is 9.83. The summed E-state index contributed by atoms with van der Waals surface area (Å²) in [6.07, 6.45) is 4.78. The van der Waals surface area contributed by atoms with Crippen molar-refractivity contribution in [2.24, 2.45) is 0 Å². The van der Waals surface area contributed by atoms with Crippen LogP contribution < -0.4 is 5.32 Å². The van der Waals surface area contributed by atoms with Crippen LogP contribution in [0.3, 0.4) is 0 Å². The lowest BCUT2D eigenvalue weighted by Gasteiger charge is -2.24. The highest BCUT2D eigenvalue weighted by atomic mass is 35.5. The molecule has 6 nitrogen and oxygen atoms in total. The molecule has 1 N–H and O–H groups in total. The Hall–Kier alpha value is -1.83. The van der Waals surface area contributed by atoms with Gasteiger partial charge in [-0.1, -0.05) is 17.7 Å². The van der Waals surface area contributed by atoms with Gasteiger partial charge in [-0.3, -0.25) is 4.79 Å². The Morgan fingerprint density at radius 2 is 1.92 bits per heavy atom. The van der Waals surface area contributed by atoms with Crippen LogP contribution in [0, 0.1) is 6.92 Å². The summed E-state index contributed by atoms with van der Waals surface area (Å²) in [6.45, 7) is 3.36. The predicted octanol–water partition coefficient (Wildman–Crippen LogP) is 2.28. The third kappa shape index (κ3) is 3.95. The van der Waals surface area contributed by atoms with Crippen molar-refractivity contribution >= 4 is 28.3 Å². The lowest BCUT2D eigenvalue weighted by Crippen LogP contribution is -2.40. The second-order valence-electron chi connectivity index (χ2n) is 6.40. The molecule has 1 aromatic heterocycles. The summed E-state index contributed by atoms with van der Waals surface area (Å²) in [5, 5.41) is 3.11. The van der Waals surface area contributed by atoms with E-state index in [0.29, 0.717) is 12.1 Å². The van der Waals surface area contributed by atoms with Gasteiger partial charge in [0.15, 0.2) is 0 Å². The molecule has 0 bridgehead atoms. The molecular formula is C18H24ClN3O3S.